The molecular weight excluding hydrogens is 328 g/mol. The van der Waals surface area contributed by atoms with Crippen molar-refractivity contribution in [2.45, 2.75) is 25.6 Å². The molecule has 1 aliphatic rings. The number of nitrogens with one attached hydrogen (secondary N) is 3. The SMILES string of the molecule is C[C@H]1OCCN[C@@H]1C(=O)NCc1ccc(-c2nc3ccccc3[nH]2)cc1. The van der Waals surface area contributed by atoms with Crippen molar-refractivity contribution in [2.75, 3.05) is 13.2 Å². The van der Waals surface area contributed by atoms with Gasteiger partial charge in [-0.3, -0.25) is 4.79 Å². The summed E-state index contributed by atoms with van der Waals surface area (Å²) in [5.41, 5.74) is 4.04. The van der Waals surface area contributed by atoms with E-state index in [0.29, 0.717) is 19.7 Å². The van der Waals surface area contributed by atoms with E-state index in [9.17, 15) is 4.79 Å². The monoisotopic (exact) mass is 350 g/mol. The van der Waals surface area contributed by atoms with Crippen LogP contribution in [-0.2, 0) is 16.1 Å². The Hall–Kier alpha value is -2.70. The fourth-order valence-electron chi connectivity index (χ4n) is 3.20. The molecule has 0 aliphatic carbocycles. The van der Waals surface area contributed by atoms with Gasteiger partial charge in [0.2, 0.25) is 5.91 Å². The average molecular weight is 350 g/mol. The predicted molar refractivity (Wildman–Crippen MR) is 101 cm³/mol. The summed E-state index contributed by atoms with van der Waals surface area (Å²) in [5.74, 6) is 0.817. The number of carbonyl (C=O) groups is 1. The van der Waals surface area contributed by atoms with Crippen molar-refractivity contribution >= 4 is 16.9 Å². The summed E-state index contributed by atoms with van der Waals surface area (Å²) in [4.78, 5) is 20.2. The number of hydrogen-bond acceptors (Lipinski definition) is 4. The first-order chi connectivity index (χ1) is 12.7. The van der Waals surface area contributed by atoms with Gasteiger partial charge in [0.1, 0.15) is 11.9 Å². The van der Waals surface area contributed by atoms with E-state index in [4.69, 9.17) is 4.74 Å². The maximum atomic E-state index is 12.3. The number of para-hydroxylation sites is 2. The van der Waals surface area contributed by atoms with Gasteiger partial charge in [-0.25, -0.2) is 4.98 Å². The number of imidazole rings is 1. The second-order valence-corrected chi connectivity index (χ2v) is 6.52. The normalized spacial score (nSPS) is 20.2. The lowest BCUT2D eigenvalue weighted by molar-refractivity contribution is -0.129. The molecular formula is C20H22N4O2. The van der Waals surface area contributed by atoms with Crippen molar-refractivity contribution in [3.8, 4) is 11.4 Å². The summed E-state index contributed by atoms with van der Waals surface area (Å²) >= 11 is 0. The zero-order valence-corrected chi connectivity index (χ0v) is 14.7. The van der Waals surface area contributed by atoms with Gasteiger partial charge in [0.15, 0.2) is 0 Å². The molecule has 1 saturated heterocycles. The highest BCUT2D eigenvalue weighted by Crippen LogP contribution is 2.20. The van der Waals surface area contributed by atoms with E-state index in [1.54, 1.807) is 0 Å². The van der Waals surface area contributed by atoms with Crippen LogP contribution in [0.1, 0.15) is 12.5 Å². The molecule has 1 aliphatic heterocycles. The van der Waals surface area contributed by atoms with Crippen LogP contribution in [0, 0.1) is 0 Å². The molecule has 2 heterocycles. The Balaban J connectivity index is 1.40. The molecule has 0 spiro atoms. The number of amides is 1. The second-order valence-electron chi connectivity index (χ2n) is 6.52. The Kier molecular flexibility index (Phi) is 4.69. The molecule has 26 heavy (non-hydrogen) atoms. The van der Waals surface area contributed by atoms with Crippen LogP contribution < -0.4 is 10.6 Å². The molecule has 2 aromatic carbocycles. The van der Waals surface area contributed by atoms with E-state index in [1.807, 2.05) is 55.5 Å². The number of hydrogen-bond donors (Lipinski definition) is 3. The highest BCUT2D eigenvalue weighted by atomic mass is 16.5. The van der Waals surface area contributed by atoms with Crippen LogP contribution in [0.25, 0.3) is 22.4 Å². The number of nitrogens with zero attached hydrogens (tertiary/aromatic N) is 1. The lowest BCUT2D eigenvalue weighted by Gasteiger charge is -2.29. The third-order valence-electron chi connectivity index (χ3n) is 4.68. The lowest BCUT2D eigenvalue weighted by Crippen LogP contribution is -2.55. The Labute approximate surface area is 152 Å². The van der Waals surface area contributed by atoms with Gasteiger partial charge in [-0.15, -0.1) is 0 Å². The fraction of sp³-hybridized carbons (Fsp3) is 0.300. The van der Waals surface area contributed by atoms with E-state index in [0.717, 1.165) is 28.0 Å². The number of H-pyrrole nitrogens is 1. The largest absolute Gasteiger partial charge is 0.375 e. The van der Waals surface area contributed by atoms with Crippen LogP contribution in [0.3, 0.4) is 0 Å². The summed E-state index contributed by atoms with van der Waals surface area (Å²) in [6.07, 6.45) is -0.112. The van der Waals surface area contributed by atoms with E-state index < -0.39 is 0 Å². The number of aromatic amines is 1. The zero-order chi connectivity index (χ0) is 17.9. The van der Waals surface area contributed by atoms with Crippen molar-refractivity contribution in [1.29, 1.82) is 0 Å². The van der Waals surface area contributed by atoms with Crippen LogP contribution in [-0.4, -0.2) is 41.2 Å². The Morgan fingerprint density at radius 2 is 2.04 bits per heavy atom. The number of morpholine rings is 1. The number of carbonyl (C=O) groups excluding carboxylic acids is 1. The molecule has 1 aromatic heterocycles. The minimum Gasteiger partial charge on any atom is -0.375 e. The van der Waals surface area contributed by atoms with Gasteiger partial charge >= 0.3 is 0 Å². The molecule has 0 saturated carbocycles. The standard InChI is InChI=1S/C20H22N4O2/c1-13-18(21-10-11-26-13)20(25)22-12-14-6-8-15(9-7-14)19-23-16-4-2-3-5-17(16)24-19/h2-9,13,18,21H,10-12H2,1H3,(H,22,25)(H,23,24)/t13-,18+/m1/s1. The lowest BCUT2D eigenvalue weighted by atomic mass is 10.1. The van der Waals surface area contributed by atoms with Gasteiger partial charge in [-0.1, -0.05) is 36.4 Å². The molecule has 6 heteroatoms. The van der Waals surface area contributed by atoms with Crippen LogP contribution in [0.15, 0.2) is 48.5 Å². The maximum absolute atomic E-state index is 12.3. The summed E-state index contributed by atoms with van der Waals surface area (Å²) < 4.78 is 5.52. The Bertz CT molecular complexity index is 871. The molecule has 2 atom stereocenters. The average Bonchev–Trinajstić information content (AvgIpc) is 3.11. The van der Waals surface area contributed by atoms with Crippen molar-refractivity contribution in [3.05, 3.63) is 54.1 Å². The molecule has 3 aromatic rings. The van der Waals surface area contributed by atoms with E-state index in [-0.39, 0.29) is 18.1 Å². The van der Waals surface area contributed by atoms with Crippen molar-refractivity contribution < 1.29 is 9.53 Å². The van der Waals surface area contributed by atoms with Crippen LogP contribution in [0.5, 0.6) is 0 Å². The summed E-state index contributed by atoms with van der Waals surface area (Å²) in [6.45, 7) is 3.76. The van der Waals surface area contributed by atoms with Crippen molar-refractivity contribution in [2.24, 2.45) is 0 Å². The topological polar surface area (TPSA) is 79.0 Å². The number of aromatic nitrogens is 2. The Morgan fingerprint density at radius 3 is 2.81 bits per heavy atom. The predicted octanol–water partition coefficient (Wildman–Crippen LogP) is 2.22. The van der Waals surface area contributed by atoms with Crippen molar-refractivity contribution in [1.82, 2.24) is 20.6 Å². The van der Waals surface area contributed by atoms with Gasteiger partial charge in [-0.05, 0) is 24.6 Å². The quantitative estimate of drug-likeness (QED) is 0.674. The first-order valence-corrected chi connectivity index (χ1v) is 8.87. The van der Waals surface area contributed by atoms with Crippen LogP contribution in [0.2, 0.25) is 0 Å². The minimum atomic E-state index is -0.293. The first-order valence-electron chi connectivity index (χ1n) is 8.87. The number of benzene rings is 2. The maximum Gasteiger partial charge on any atom is 0.240 e. The molecule has 1 fully saturated rings. The van der Waals surface area contributed by atoms with Gasteiger partial charge in [-0.2, -0.15) is 0 Å². The minimum absolute atomic E-state index is 0.0291. The number of ether oxygens (including phenoxy) is 1. The summed E-state index contributed by atoms with van der Waals surface area (Å²) in [5, 5.41) is 6.17. The van der Waals surface area contributed by atoms with Crippen LogP contribution >= 0.6 is 0 Å². The van der Waals surface area contributed by atoms with Crippen molar-refractivity contribution in [3.63, 3.8) is 0 Å². The van der Waals surface area contributed by atoms with E-state index in [1.165, 1.54) is 0 Å². The molecule has 0 bridgehead atoms. The molecule has 0 radical (unpaired) electrons. The second kappa shape index (κ2) is 7.27. The highest BCUT2D eigenvalue weighted by molar-refractivity contribution is 5.82. The van der Waals surface area contributed by atoms with Gasteiger partial charge in [0.05, 0.1) is 23.7 Å². The van der Waals surface area contributed by atoms with Gasteiger partial charge < -0.3 is 20.4 Å². The molecule has 134 valence electrons. The molecule has 0 unspecified atom stereocenters. The number of rotatable bonds is 4. The van der Waals surface area contributed by atoms with Gasteiger partial charge in [0, 0.05) is 18.7 Å². The van der Waals surface area contributed by atoms with Crippen LogP contribution in [0.4, 0.5) is 0 Å². The molecule has 4 rings (SSSR count). The molecule has 1 amide bonds. The molecule has 6 nitrogen and oxygen atoms in total. The summed E-state index contributed by atoms with van der Waals surface area (Å²) in [6, 6.07) is 15.7. The van der Waals surface area contributed by atoms with E-state index in [2.05, 4.69) is 20.6 Å². The Morgan fingerprint density at radius 1 is 1.23 bits per heavy atom. The smallest absolute Gasteiger partial charge is 0.240 e. The zero-order valence-electron chi connectivity index (χ0n) is 14.7. The summed E-state index contributed by atoms with van der Waals surface area (Å²) in [7, 11) is 0. The first kappa shape index (κ1) is 16.8. The fourth-order valence-corrected chi connectivity index (χ4v) is 3.20. The van der Waals surface area contributed by atoms with Gasteiger partial charge in [0.25, 0.3) is 0 Å². The highest BCUT2D eigenvalue weighted by Gasteiger charge is 2.27. The number of fused-ring (bicyclic) bond motifs is 1. The third kappa shape index (κ3) is 3.47. The third-order valence-corrected chi connectivity index (χ3v) is 4.68. The van der Waals surface area contributed by atoms with E-state index >= 15 is 0 Å². The molecule has 3 N–H and O–H groups in total.